The Balaban J connectivity index is 1.94. The van der Waals surface area contributed by atoms with Gasteiger partial charge in [-0.3, -0.25) is 9.59 Å². The fourth-order valence-corrected chi connectivity index (χ4v) is 1.75. The molecule has 4 N–H and O–H groups in total. The van der Waals surface area contributed by atoms with Gasteiger partial charge in [-0.15, -0.1) is 0 Å². The van der Waals surface area contributed by atoms with Crippen molar-refractivity contribution in [3.05, 3.63) is 17.7 Å². The summed E-state index contributed by atoms with van der Waals surface area (Å²) >= 11 is 0. The zero-order valence-electron chi connectivity index (χ0n) is 9.23. The van der Waals surface area contributed by atoms with Crippen LogP contribution >= 0.6 is 0 Å². The molecular formula is C10H14N4O3. The summed E-state index contributed by atoms with van der Waals surface area (Å²) in [6, 6.07) is 0. The van der Waals surface area contributed by atoms with E-state index in [9.17, 15) is 9.59 Å². The molecule has 1 unspecified atom stereocenters. The van der Waals surface area contributed by atoms with Gasteiger partial charge in [0, 0.05) is 13.2 Å². The minimum atomic E-state index is -0.728. The van der Waals surface area contributed by atoms with Gasteiger partial charge >= 0.3 is 0 Å². The Bertz CT molecular complexity index is 423. The summed E-state index contributed by atoms with van der Waals surface area (Å²) in [6.07, 6.45) is 3.27. The van der Waals surface area contributed by atoms with Gasteiger partial charge in [0.2, 0.25) is 0 Å². The maximum Gasteiger partial charge on any atom is 0.270 e. The molecule has 1 fully saturated rings. The average molecular weight is 238 g/mol. The highest BCUT2D eigenvalue weighted by molar-refractivity contribution is 6.04. The van der Waals surface area contributed by atoms with Crippen LogP contribution in [0.5, 0.6) is 0 Å². The lowest BCUT2D eigenvalue weighted by Gasteiger charge is -2.10. The van der Waals surface area contributed by atoms with E-state index in [2.05, 4.69) is 15.3 Å². The zero-order chi connectivity index (χ0) is 12.3. The number of nitrogens with two attached hydrogens (primary N) is 1. The maximum absolute atomic E-state index is 11.7. The number of H-pyrrole nitrogens is 1. The van der Waals surface area contributed by atoms with Crippen LogP contribution in [-0.4, -0.2) is 41.0 Å². The normalized spacial score (nSPS) is 19.2. The van der Waals surface area contributed by atoms with E-state index in [0.29, 0.717) is 6.54 Å². The maximum atomic E-state index is 11.7. The Kier molecular flexibility index (Phi) is 3.38. The van der Waals surface area contributed by atoms with Gasteiger partial charge in [0.05, 0.1) is 12.4 Å². The van der Waals surface area contributed by atoms with Crippen LogP contribution in [-0.2, 0) is 4.74 Å². The molecular weight excluding hydrogens is 224 g/mol. The van der Waals surface area contributed by atoms with E-state index in [4.69, 9.17) is 10.5 Å². The Morgan fingerprint density at radius 2 is 2.47 bits per heavy atom. The van der Waals surface area contributed by atoms with Crippen LogP contribution in [0.1, 0.15) is 33.8 Å². The van der Waals surface area contributed by atoms with Crippen LogP contribution in [0.3, 0.4) is 0 Å². The van der Waals surface area contributed by atoms with Gasteiger partial charge in [-0.05, 0) is 12.8 Å². The van der Waals surface area contributed by atoms with Crippen molar-refractivity contribution in [2.75, 3.05) is 13.2 Å². The minimum Gasteiger partial charge on any atom is -0.376 e. The van der Waals surface area contributed by atoms with Crippen molar-refractivity contribution in [1.82, 2.24) is 15.3 Å². The fourth-order valence-electron chi connectivity index (χ4n) is 1.75. The monoisotopic (exact) mass is 238 g/mol. The van der Waals surface area contributed by atoms with E-state index in [1.165, 1.54) is 6.33 Å². The number of primary amides is 1. The summed E-state index contributed by atoms with van der Waals surface area (Å²) in [5, 5.41) is 2.68. The summed E-state index contributed by atoms with van der Waals surface area (Å²) in [4.78, 5) is 29.0. The largest absolute Gasteiger partial charge is 0.376 e. The van der Waals surface area contributed by atoms with Gasteiger partial charge in [-0.1, -0.05) is 0 Å². The van der Waals surface area contributed by atoms with Crippen molar-refractivity contribution < 1.29 is 14.3 Å². The van der Waals surface area contributed by atoms with Crippen molar-refractivity contribution in [2.45, 2.75) is 18.9 Å². The van der Waals surface area contributed by atoms with Gasteiger partial charge in [0.25, 0.3) is 11.8 Å². The van der Waals surface area contributed by atoms with E-state index in [-0.39, 0.29) is 17.5 Å². The van der Waals surface area contributed by atoms with Gasteiger partial charge in [0.1, 0.15) is 5.69 Å². The molecule has 0 aliphatic carbocycles. The van der Waals surface area contributed by atoms with E-state index in [1.807, 2.05) is 0 Å². The second kappa shape index (κ2) is 4.96. The van der Waals surface area contributed by atoms with Crippen LogP contribution in [0, 0.1) is 0 Å². The smallest absolute Gasteiger partial charge is 0.270 e. The lowest BCUT2D eigenvalue weighted by Crippen LogP contribution is -2.33. The van der Waals surface area contributed by atoms with Crippen LogP contribution < -0.4 is 11.1 Å². The second-order valence-electron chi connectivity index (χ2n) is 3.84. The second-order valence-corrected chi connectivity index (χ2v) is 3.84. The molecule has 1 saturated heterocycles. The lowest BCUT2D eigenvalue weighted by atomic mass is 10.2. The summed E-state index contributed by atoms with van der Waals surface area (Å²) in [6.45, 7) is 1.16. The van der Waals surface area contributed by atoms with E-state index < -0.39 is 11.8 Å². The molecule has 7 nitrogen and oxygen atoms in total. The number of ether oxygens (including phenoxy) is 1. The number of carbonyl (C=O) groups is 2. The van der Waals surface area contributed by atoms with Crippen LogP contribution in [0.15, 0.2) is 6.33 Å². The van der Waals surface area contributed by atoms with Gasteiger partial charge in [-0.25, -0.2) is 4.98 Å². The molecule has 2 heterocycles. The highest BCUT2D eigenvalue weighted by Gasteiger charge is 2.20. The Morgan fingerprint density at radius 3 is 3.12 bits per heavy atom. The van der Waals surface area contributed by atoms with E-state index in [1.54, 1.807) is 0 Å². The van der Waals surface area contributed by atoms with Crippen molar-refractivity contribution in [2.24, 2.45) is 5.73 Å². The standard InChI is InChI=1S/C10H14N4O3/c11-9(15)7-8(14-5-13-7)10(16)12-4-6-2-1-3-17-6/h5-6H,1-4H2,(H2,11,15)(H,12,16)(H,13,14). The average Bonchev–Trinajstić information content (AvgIpc) is 2.96. The molecule has 1 aromatic heterocycles. The molecule has 1 aliphatic rings. The molecule has 0 aromatic carbocycles. The number of carbonyl (C=O) groups excluding carboxylic acids is 2. The number of aromatic amines is 1. The minimum absolute atomic E-state index is 0.0464. The lowest BCUT2D eigenvalue weighted by molar-refractivity contribution is 0.0848. The quantitative estimate of drug-likeness (QED) is 0.651. The fraction of sp³-hybridized carbons (Fsp3) is 0.500. The zero-order valence-corrected chi connectivity index (χ0v) is 9.23. The first-order valence-corrected chi connectivity index (χ1v) is 5.41. The highest BCUT2D eigenvalue weighted by atomic mass is 16.5. The molecule has 92 valence electrons. The van der Waals surface area contributed by atoms with Crippen molar-refractivity contribution >= 4 is 11.8 Å². The number of hydrogen-bond acceptors (Lipinski definition) is 4. The number of aromatic nitrogens is 2. The Labute approximate surface area is 97.7 Å². The SMILES string of the molecule is NC(=O)c1nc[nH]c1C(=O)NCC1CCCO1. The predicted octanol–water partition coefficient (Wildman–Crippen LogP) is -0.583. The molecule has 2 amide bonds. The Morgan fingerprint density at radius 1 is 1.65 bits per heavy atom. The molecule has 0 bridgehead atoms. The molecule has 0 radical (unpaired) electrons. The Hall–Kier alpha value is -1.89. The van der Waals surface area contributed by atoms with Crippen LogP contribution in [0.25, 0.3) is 0 Å². The number of nitrogens with one attached hydrogen (secondary N) is 2. The molecule has 17 heavy (non-hydrogen) atoms. The third-order valence-corrected chi connectivity index (χ3v) is 2.61. The number of nitrogens with zero attached hydrogens (tertiary/aromatic N) is 1. The molecule has 1 atom stereocenters. The summed E-state index contributed by atoms with van der Waals surface area (Å²) in [5.41, 5.74) is 5.14. The van der Waals surface area contributed by atoms with Gasteiger partial charge in [-0.2, -0.15) is 0 Å². The number of imidazole rings is 1. The molecule has 7 heteroatoms. The molecule has 1 aliphatic heterocycles. The van der Waals surface area contributed by atoms with Gasteiger partial charge in [0.15, 0.2) is 5.69 Å². The molecule has 1 aromatic rings. The highest BCUT2D eigenvalue weighted by Crippen LogP contribution is 2.11. The van der Waals surface area contributed by atoms with Crippen molar-refractivity contribution in [3.8, 4) is 0 Å². The molecule has 0 spiro atoms. The van der Waals surface area contributed by atoms with Crippen molar-refractivity contribution in [3.63, 3.8) is 0 Å². The molecule has 2 rings (SSSR count). The first kappa shape index (κ1) is 11.6. The third-order valence-electron chi connectivity index (χ3n) is 2.61. The first-order valence-electron chi connectivity index (χ1n) is 5.41. The third kappa shape index (κ3) is 2.62. The van der Waals surface area contributed by atoms with Crippen molar-refractivity contribution in [1.29, 1.82) is 0 Å². The number of amides is 2. The molecule has 0 saturated carbocycles. The topological polar surface area (TPSA) is 110 Å². The summed E-state index contributed by atoms with van der Waals surface area (Å²) < 4.78 is 5.37. The number of hydrogen-bond donors (Lipinski definition) is 3. The van der Waals surface area contributed by atoms with E-state index in [0.717, 1.165) is 19.4 Å². The van der Waals surface area contributed by atoms with E-state index >= 15 is 0 Å². The van der Waals surface area contributed by atoms with Crippen LogP contribution in [0.2, 0.25) is 0 Å². The summed E-state index contributed by atoms with van der Waals surface area (Å²) in [7, 11) is 0. The first-order chi connectivity index (χ1) is 8.18. The van der Waals surface area contributed by atoms with Crippen LogP contribution in [0.4, 0.5) is 0 Å². The number of rotatable bonds is 4. The summed E-state index contributed by atoms with van der Waals surface area (Å²) in [5.74, 6) is -1.12. The predicted molar refractivity (Wildman–Crippen MR) is 58.4 cm³/mol. The van der Waals surface area contributed by atoms with Gasteiger partial charge < -0.3 is 20.8 Å².